The molecule has 0 radical (unpaired) electrons. The van der Waals surface area contributed by atoms with Crippen LogP contribution >= 0.6 is 0 Å². The molecule has 0 unspecified atom stereocenters. The Morgan fingerprint density at radius 3 is 2.60 bits per heavy atom. The molecule has 0 fully saturated rings. The van der Waals surface area contributed by atoms with E-state index >= 15 is 0 Å². The van der Waals surface area contributed by atoms with Crippen LogP contribution in [0.3, 0.4) is 0 Å². The Labute approximate surface area is 93.1 Å². The molecule has 2 heteroatoms. The molecule has 1 aliphatic rings. The van der Waals surface area contributed by atoms with Crippen molar-refractivity contribution in [2.75, 3.05) is 19.6 Å². The molecule has 0 aromatic carbocycles. The normalized spacial score (nSPS) is 15.5. The van der Waals surface area contributed by atoms with Gasteiger partial charge in [-0.1, -0.05) is 25.3 Å². The Morgan fingerprint density at radius 2 is 2.07 bits per heavy atom. The van der Waals surface area contributed by atoms with E-state index in [1.807, 2.05) is 6.20 Å². The van der Waals surface area contributed by atoms with Gasteiger partial charge < -0.3 is 0 Å². The largest absolute Gasteiger partial charge is 0.293 e. The minimum Gasteiger partial charge on any atom is -0.293 e. The predicted octanol–water partition coefficient (Wildman–Crippen LogP) is 2.47. The van der Waals surface area contributed by atoms with Gasteiger partial charge in [-0.2, -0.15) is 0 Å². The van der Waals surface area contributed by atoms with Crippen molar-refractivity contribution in [1.29, 1.82) is 0 Å². The van der Waals surface area contributed by atoms with Gasteiger partial charge >= 0.3 is 0 Å². The molecule has 1 aliphatic heterocycles. The SMILES string of the molecule is CCN(CC)CC#CC1=NC=C(C)CC1. The van der Waals surface area contributed by atoms with Crippen LogP contribution in [0.1, 0.15) is 33.6 Å². The Bertz CT molecular complexity index is 311. The van der Waals surface area contributed by atoms with E-state index in [0.717, 1.165) is 38.2 Å². The van der Waals surface area contributed by atoms with Crippen molar-refractivity contribution < 1.29 is 0 Å². The van der Waals surface area contributed by atoms with E-state index in [1.54, 1.807) is 0 Å². The van der Waals surface area contributed by atoms with Crippen molar-refractivity contribution in [3.63, 3.8) is 0 Å². The molecule has 0 bridgehead atoms. The fourth-order valence-electron chi connectivity index (χ4n) is 1.43. The zero-order valence-corrected chi connectivity index (χ0v) is 10.0. The van der Waals surface area contributed by atoms with Crippen molar-refractivity contribution >= 4 is 5.71 Å². The van der Waals surface area contributed by atoms with Crippen LogP contribution < -0.4 is 0 Å². The summed E-state index contributed by atoms with van der Waals surface area (Å²) in [5.41, 5.74) is 2.39. The highest BCUT2D eigenvalue weighted by Crippen LogP contribution is 2.10. The van der Waals surface area contributed by atoms with Gasteiger partial charge in [0.15, 0.2) is 0 Å². The molecular weight excluding hydrogens is 184 g/mol. The first-order chi connectivity index (χ1) is 7.26. The fraction of sp³-hybridized carbons (Fsp3) is 0.615. The number of hydrogen-bond acceptors (Lipinski definition) is 2. The molecule has 1 rings (SSSR count). The molecule has 82 valence electrons. The average Bonchev–Trinajstić information content (AvgIpc) is 2.27. The molecule has 0 atom stereocenters. The molecule has 0 aromatic rings. The second-order valence-corrected chi connectivity index (χ2v) is 3.81. The number of rotatable bonds is 3. The summed E-state index contributed by atoms with van der Waals surface area (Å²) in [6.45, 7) is 9.43. The fourth-order valence-corrected chi connectivity index (χ4v) is 1.43. The third-order valence-electron chi connectivity index (χ3n) is 2.63. The summed E-state index contributed by atoms with van der Waals surface area (Å²) < 4.78 is 0. The maximum Gasteiger partial charge on any atom is 0.0902 e. The summed E-state index contributed by atoms with van der Waals surface area (Å²) in [4.78, 5) is 6.62. The van der Waals surface area contributed by atoms with Gasteiger partial charge in [-0.25, -0.2) is 0 Å². The van der Waals surface area contributed by atoms with E-state index in [-0.39, 0.29) is 0 Å². The van der Waals surface area contributed by atoms with Crippen LogP contribution in [0, 0.1) is 11.8 Å². The van der Waals surface area contributed by atoms with Gasteiger partial charge in [-0.15, -0.1) is 0 Å². The molecule has 0 N–H and O–H groups in total. The predicted molar refractivity (Wildman–Crippen MR) is 66.0 cm³/mol. The molecule has 0 spiro atoms. The van der Waals surface area contributed by atoms with E-state index in [4.69, 9.17) is 0 Å². The third-order valence-corrected chi connectivity index (χ3v) is 2.63. The van der Waals surface area contributed by atoms with Crippen molar-refractivity contribution in [3.05, 3.63) is 11.8 Å². The molecule has 0 amide bonds. The van der Waals surface area contributed by atoms with E-state index in [9.17, 15) is 0 Å². The molecule has 0 saturated heterocycles. The van der Waals surface area contributed by atoms with E-state index in [1.165, 1.54) is 5.57 Å². The molecule has 15 heavy (non-hydrogen) atoms. The molecule has 0 saturated carbocycles. The molecule has 2 nitrogen and oxygen atoms in total. The highest BCUT2D eigenvalue weighted by Gasteiger charge is 2.01. The maximum atomic E-state index is 4.32. The lowest BCUT2D eigenvalue weighted by atomic mass is 10.1. The van der Waals surface area contributed by atoms with Crippen LogP contribution in [0.5, 0.6) is 0 Å². The lowest BCUT2D eigenvalue weighted by molar-refractivity contribution is 0.342. The van der Waals surface area contributed by atoms with Crippen molar-refractivity contribution in [2.45, 2.75) is 33.6 Å². The van der Waals surface area contributed by atoms with Gasteiger partial charge in [0.05, 0.1) is 12.3 Å². The van der Waals surface area contributed by atoms with Crippen LogP contribution in [-0.4, -0.2) is 30.2 Å². The first-order valence-electron chi connectivity index (χ1n) is 5.69. The van der Waals surface area contributed by atoms with Gasteiger partial charge in [-0.05, 0) is 32.4 Å². The summed E-state index contributed by atoms with van der Waals surface area (Å²) in [7, 11) is 0. The van der Waals surface area contributed by atoms with Crippen LogP contribution in [0.25, 0.3) is 0 Å². The standard InChI is InChI=1S/C13H20N2/c1-4-15(5-2)10-6-7-13-9-8-12(3)11-14-13/h11H,4-5,8-10H2,1-3H3. The topological polar surface area (TPSA) is 15.6 Å². The number of nitrogens with zero attached hydrogens (tertiary/aromatic N) is 2. The Kier molecular flexibility index (Phi) is 5.14. The summed E-state index contributed by atoms with van der Waals surface area (Å²) >= 11 is 0. The maximum absolute atomic E-state index is 4.32. The number of allylic oxidation sites excluding steroid dienone is 1. The monoisotopic (exact) mass is 204 g/mol. The molecular formula is C13H20N2. The summed E-state index contributed by atoms with van der Waals surface area (Å²) in [6, 6.07) is 0. The number of aliphatic imine (C=N–C) groups is 1. The van der Waals surface area contributed by atoms with Gasteiger partial charge in [0.25, 0.3) is 0 Å². The Hall–Kier alpha value is -1.07. The summed E-state index contributed by atoms with van der Waals surface area (Å²) in [5, 5.41) is 0. The summed E-state index contributed by atoms with van der Waals surface area (Å²) in [5.74, 6) is 6.34. The third kappa shape index (κ3) is 4.31. The van der Waals surface area contributed by atoms with Crippen LogP contribution in [-0.2, 0) is 0 Å². The highest BCUT2D eigenvalue weighted by atomic mass is 15.1. The van der Waals surface area contributed by atoms with Crippen molar-refractivity contribution in [2.24, 2.45) is 4.99 Å². The van der Waals surface area contributed by atoms with Gasteiger partial charge in [0.1, 0.15) is 0 Å². The molecule has 0 aliphatic carbocycles. The van der Waals surface area contributed by atoms with Gasteiger partial charge in [0.2, 0.25) is 0 Å². The Morgan fingerprint density at radius 1 is 1.33 bits per heavy atom. The van der Waals surface area contributed by atoms with Crippen molar-refractivity contribution in [3.8, 4) is 11.8 Å². The second kappa shape index (κ2) is 6.42. The zero-order valence-electron chi connectivity index (χ0n) is 10.0. The lowest BCUT2D eigenvalue weighted by Gasteiger charge is -2.13. The van der Waals surface area contributed by atoms with Crippen LogP contribution in [0.4, 0.5) is 0 Å². The zero-order chi connectivity index (χ0) is 11.1. The smallest absolute Gasteiger partial charge is 0.0902 e. The van der Waals surface area contributed by atoms with Crippen LogP contribution in [0.2, 0.25) is 0 Å². The minimum atomic E-state index is 0.856. The number of hydrogen-bond donors (Lipinski definition) is 0. The minimum absolute atomic E-state index is 0.856. The van der Waals surface area contributed by atoms with E-state index in [0.29, 0.717) is 0 Å². The first kappa shape index (κ1) is 12.0. The lowest BCUT2D eigenvalue weighted by Crippen LogP contribution is -2.23. The highest BCUT2D eigenvalue weighted by molar-refractivity contribution is 6.01. The summed E-state index contributed by atoms with van der Waals surface area (Å²) in [6.07, 6.45) is 4.05. The average molecular weight is 204 g/mol. The quantitative estimate of drug-likeness (QED) is 0.645. The van der Waals surface area contributed by atoms with Crippen LogP contribution in [0.15, 0.2) is 16.8 Å². The molecule has 1 heterocycles. The molecule has 0 aromatic heterocycles. The second-order valence-electron chi connectivity index (χ2n) is 3.81. The first-order valence-corrected chi connectivity index (χ1v) is 5.69. The Balaban J connectivity index is 2.45. The van der Waals surface area contributed by atoms with E-state index < -0.39 is 0 Å². The van der Waals surface area contributed by atoms with E-state index in [2.05, 4.69) is 42.5 Å². The van der Waals surface area contributed by atoms with Crippen molar-refractivity contribution in [1.82, 2.24) is 4.90 Å². The van der Waals surface area contributed by atoms with Gasteiger partial charge in [0, 0.05) is 12.6 Å². The van der Waals surface area contributed by atoms with Gasteiger partial charge in [-0.3, -0.25) is 9.89 Å².